The first-order chi connectivity index (χ1) is 9.05. The highest BCUT2D eigenvalue weighted by atomic mass is 16.5. The zero-order chi connectivity index (χ0) is 13.5. The van der Waals surface area contributed by atoms with Crippen molar-refractivity contribution in [1.82, 2.24) is 10.5 Å². The number of nitrogens with zero attached hydrogens (tertiary/aromatic N) is 1. The van der Waals surface area contributed by atoms with E-state index in [1.165, 1.54) is 11.1 Å². The molecule has 0 aliphatic carbocycles. The van der Waals surface area contributed by atoms with Gasteiger partial charge in [-0.25, -0.2) is 0 Å². The summed E-state index contributed by atoms with van der Waals surface area (Å²) in [5.41, 5.74) is 4.96. The molecule has 0 saturated carbocycles. The molecule has 1 aliphatic heterocycles. The Kier molecular flexibility index (Phi) is 2.94. The number of fused-ring (bicyclic) bond motifs is 1. The minimum Gasteiger partial charge on any atom is -0.356 e. The number of nitrogens with one attached hydrogen (secondary N) is 1. The third-order valence-corrected chi connectivity index (χ3v) is 3.72. The van der Waals surface area contributed by atoms with Gasteiger partial charge in [-0.3, -0.25) is 0 Å². The van der Waals surface area contributed by atoms with Gasteiger partial charge in [0.15, 0.2) is 5.76 Å². The van der Waals surface area contributed by atoms with Crippen LogP contribution in [0.4, 0.5) is 0 Å². The lowest BCUT2D eigenvalue weighted by atomic mass is 9.86. The number of hydrogen-bond donors (Lipinski definition) is 1. The summed E-state index contributed by atoms with van der Waals surface area (Å²) in [6.45, 7) is 8.52. The first-order valence-electron chi connectivity index (χ1n) is 6.85. The fourth-order valence-corrected chi connectivity index (χ4v) is 2.49. The van der Waals surface area contributed by atoms with Crippen molar-refractivity contribution in [1.29, 1.82) is 0 Å². The van der Waals surface area contributed by atoms with E-state index in [9.17, 15) is 0 Å². The van der Waals surface area contributed by atoms with Crippen LogP contribution in [0.25, 0.3) is 11.3 Å². The van der Waals surface area contributed by atoms with E-state index in [4.69, 9.17) is 4.52 Å². The lowest BCUT2D eigenvalue weighted by Gasteiger charge is -2.19. The minimum atomic E-state index is 0.181. The molecular weight excluding hydrogens is 236 g/mol. The van der Waals surface area contributed by atoms with Crippen LogP contribution in [0.2, 0.25) is 0 Å². The first kappa shape index (κ1) is 12.4. The van der Waals surface area contributed by atoms with Crippen LogP contribution in [0.3, 0.4) is 0 Å². The van der Waals surface area contributed by atoms with E-state index < -0.39 is 0 Å². The van der Waals surface area contributed by atoms with Gasteiger partial charge in [0.25, 0.3) is 0 Å². The molecule has 3 nitrogen and oxygen atoms in total. The smallest absolute Gasteiger partial charge is 0.171 e. The highest BCUT2D eigenvalue weighted by Crippen LogP contribution is 2.30. The van der Waals surface area contributed by atoms with Gasteiger partial charge in [-0.05, 0) is 11.0 Å². The Morgan fingerprint density at radius 2 is 1.89 bits per heavy atom. The highest BCUT2D eigenvalue weighted by Gasteiger charge is 2.20. The predicted molar refractivity (Wildman–Crippen MR) is 76.0 cm³/mol. The quantitative estimate of drug-likeness (QED) is 0.851. The molecule has 0 amide bonds. The standard InChI is InChI=1S/C16H20N2O/c1-16(2,3)12-6-4-11(5-7-12)15-13-10-17-9-8-14(13)18-19-15/h4-7,17H,8-10H2,1-3H3. The van der Waals surface area contributed by atoms with Gasteiger partial charge in [0.2, 0.25) is 0 Å². The minimum absolute atomic E-state index is 0.181. The van der Waals surface area contributed by atoms with Gasteiger partial charge in [-0.15, -0.1) is 0 Å². The molecule has 0 atom stereocenters. The normalized spacial score (nSPS) is 15.3. The largest absolute Gasteiger partial charge is 0.356 e. The van der Waals surface area contributed by atoms with Gasteiger partial charge in [0.1, 0.15) is 0 Å². The third-order valence-electron chi connectivity index (χ3n) is 3.72. The van der Waals surface area contributed by atoms with Crippen molar-refractivity contribution in [3.63, 3.8) is 0 Å². The van der Waals surface area contributed by atoms with E-state index in [1.54, 1.807) is 0 Å². The Morgan fingerprint density at radius 3 is 2.58 bits per heavy atom. The number of rotatable bonds is 1. The van der Waals surface area contributed by atoms with Crippen LogP contribution < -0.4 is 5.32 Å². The molecule has 2 heterocycles. The topological polar surface area (TPSA) is 38.1 Å². The summed E-state index contributed by atoms with van der Waals surface area (Å²) in [5.74, 6) is 0.919. The summed E-state index contributed by atoms with van der Waals surface area (Å²) in [6.07, 6.45) is 0.957. The monoisotopic (exact) mass is 256 g/mol. The zero-order valence-electron chi connectivity index (χ0n) is 11.8. The Labute approximate surface area is 114 Å². The van der Waals surface area contributed by atoms with Crippen molar-refractivity contribution in [2.24, 2.45) is 0 Å². The molecule has 0 saturated heterocycles. The van der Waals surface area contributed by atoms with Crippen LogP contribution in [0.1, 0.15) is 37.6 Å². The molecule has 3 rings (SSSR count). The molecule has 0 spiro atoms. The third kappa shape index (κ3) is 2.30. The number of aromatic nitrogens is 1. The van der Waals surface area contributed by atoms with Crippen LogP contribution in [-0.4, -0.2) is 11.7 Å². The number of benzene rings is 1. The second-order valence-electron chi connectivity index (χ2n) is 6.19. The Bertz CT molecular complexity index is 576. The fraction of sp³-hybridized carbons (Fsp3) is 0.438. The number of hydrogen-bond acceptors (Lipinski definition) is 3. The first-order valence-corrected chi connectivity index (χ1v) is 6.85. The van der Waals surface area contributed by atoms with Gasteiger partial charge in [0.05, 0.1) is 5.69 Å². The van der Waals surface area contributed by atoms with Gasteiger partial charge < -0.3 is 9.84 Å². The average molecular weight is 256 g/mol. The maximum atomic E-state index is 5.54. The maximum Gasteiger partial charge on any atom is 0.171 e. The summed E-state index contributed by atoms with van der Waals surface area (Å²) < 4.78 is 5.54. The van der Waals surface area contributed by atoms with Crippen molar-refractivity contribution in [2.45, 2.75) is 39.2 Å². The van der Waals surface area contributed by atoms with E-state index in [-0.39, 0.29) is 5.41 Å². The van der Waals surface area contributed by atoms with Crippen molar-refractivity contribution in [3.8, 4) is 11.3 Å². The lowest BCUT2D eigenvalue weighted by molar-refractivity contribution is 0.423. The summed E-state index contributed by atoms with van der Waals surface area (Å²) in [4.78, 5) is 0. The predicted octanol–water partition coefficient (Wildman–Crippen LogP) is 3.28. The second-order valence-corrected chi connectivity index (χ2v) is 6.19. The van der Waals surface area contributed by atoms with Crippen LogP contribution in [-0.2, 0) is 18.4 Å². The van der Waals surface area contributed by atoms with Crippen molar-refractivity contribution < 1.29 is 4.52 Å². The molecule has 0 radical (unpaired) electrons. The van der Waals surface area contributed by atoms with Crippen LogP contribution in [0.15, 0.2) is 28.8 Å². The van der Waals surface area contributed by atoms with Crippen LogP contribution >= 0.6 is 0 Å². The Balaban J connectivity index is 1.97. The lowest BCUT2D eigenvalue weighted by Crippen LogP contribution is -2.23. The van der Waals surface area contributed by atoms with Crippen LogP contribution in [0, 0.1) is 0 Å². The molecule has 100 valence electrons. The maximum absolute atomic E-state index is 5.54. The van der Waals surface area contributed by atoms with E-state index in [0.717, 1.165) is 36.5 Å². The van der Waals surface area contributed by atoms with Crippen molar-refractivity contribution in [2.75, 3.05) is 6.54 Å². The molecule has 1 aromatic heterocycles. The van der Waals surface area contributed by atoms with Gasteiger partial charge >= 0.3 is 0 Å². The van der Waals surface area contributed by atoms with Crippen molar-refractivity contribution >= 4 is 0 Å². The average Bonchev–Trinajstić information content (AvgIpc) is 2.82. The summed E-state index contributed by atoms with van der Waals surface area (Å²) in [7, 11) is 0. The summed E-state index contributed by atoms with van der Waals surface area (Å²) in [6, 6.07) is 8.63. The molecule has 1 aliphatic rings. The molecule has 2 aromatic rings. The summed E-state index contributed by atoms with van der Waals surface area (Å²) >= 11 is 0. The molecule has 1 N–H and O–H groups in total. The fourth-order valence-electron chi connectivity index (χ4n) is 2.49. The highest BCUT2D eigenvalue weighted by molar-refractivity contribution is 5.63. The van der Waals surface area contributed by atoms with Gasteiger partial charge in [0, 0.05) is 30.6 Å². The molecule has 0 fully saturated rings. The molecule has 0 bridgehead atoms. The zero-order valence-corrected chi connectivity index (χ0v) is 11.8. The van der Waals surface area contributed by atoms with Crippen molar-refractivity contribution in [3.05, 3.63) is 41.1 Å². The van der Waals surface area contributed by atoms with Gasteiger partial charge in [-0.2, -0.15) is 0 Å². The Hall–Kier alpha value is -1.61. The van der Waals surface area contributed by atoms with Gasteiger partial charge in [-0.1, -0.05) is 50.2 Å². The van der Waals surface area contributed by atoms with E-state index in [1.807, 2.05) is 0 Å². The SMILES string of the molecule is CC(C)(C)c1ccc(-c2onc3c2CNCC3)cc1. The Morgan fingerprint density at radius 1 is 1.16 bits per heavy atom. The second kappa shape index (κ2) is 4.49. The summed E-state index contributed by atoms with van der Waals surface area (Å²) in [5, 5.41) is 7.56. The molecule has 3 heteroatoms. The van der Waals surface area contributed by atoms with Crippen LogP contribution in [0.5, 0.6) is 0 Å². The molecule has 19 heavy (non-hydrogen) atoms. The molecule has 0 unspecified atom stereocenters. The van der Waals surface area contributed by atoms with E-state index >= 15 is 0 Å². The van der Waals surface area contributed by atoms with E-state index in [2.05, 4.69) is 55.5 Å². The molecule has 1 aromatic carbocycles. The van der Waals surface area contributed by atoms with E-state index in [0.29, 0.717) is 0 Å². The molecular formula is C16H20N2O.